The molecule has 0 bridgehead atoms. The molecule has 2 N–H and O–H groups in total. The van der Waals surface area contributed by atoms with Crippen LogP contribution in [0.15, 0.2) is 102 Å². The molecule has 0 unspecified atom stereocenters. The van der Waals surface area contributed by atoms with Gasteiger partial charge in [-0.2, -0.15) is 0 Å². The molecule has 1 aromatic heterocycles. The molecule has 5 rings (SSSR count). The van der Waals surface area contributed by atoms with E-state index in [4.69, 9.17) is 14.2 Å². The van der Waals surface area contributed by atoms with Crippen molar-refractivity contribution in [2.45, 2.75) is 63.0 Å². The lowest BCUT2D eigenvalue weighted by Crippen LogP contribution is -2.35. The van der Waals surface area contributed by atoms with Crippen LogP contribution in [0.3, 0.4) is 0 Å². The molecule has 1 aliphatic rings. The molecular formula is C35H36N2O6S. The number of carbonyl (C=O) groups is 2. The molecule has 0 spiro atoms. The van der Waals surface area contributed by atoms with Crippen molar-refractivity contribution in [3.05, 3.63) is 119 Å². The molecule has 2 heterocycles. The van der Waals surface area contributed by atoms with Gasteiger partial charge in [-0.05, 0) is 59.0 Å². The van der Waals surface area contributed by atoms with Crippen LogP contribution in [-0.2, 0) is 37.0 Å². The van der Waals surface area contributed by atoms with E-state index in [0.717, 1.165) is 44.2 Å². The molecular weight excluding hydrogens is 576 g/mol. The number of hydrogen-bond donors (Lipinski definition) is 2. The molecule has 228 valence electrons. The van der Waals surface area contributed by atoms with Crippen molar-refractivity contribution in [1.82, 2.24) is 10.3 Å². The van der Waals surface area contributed by atoms with Crippen LogP contribution < -0.4 is 5.32 Å². The predicted octanol–water partition coefficient (Wildman–Crippen LogP) is 6.15. The third kappa shape index (κ3) is 8.54. The van der Waals surface area contributed by atoms with Crippen LogP contribution >= 0.6 is 11.8 Å². The summed E-state index contributed by atoms with van der Waals surface area (Å²) < 4.78 is 18.0. The zero-order chi connectivity index (χ0) is 30.9. The van der Waals surface area contributed by atoms with Crippen molar-refractivity contribution in [1.29, 1.82) is 0 Å². The molecule has 8 nitrogen and oxygen atoms in total. The summed E-state index contributed by atoms with van der Waals surface area (Å²) in [5.41, 5.74) is 5.69. The van der Waals surface area contributed by atoms with Crippen LogP contribution in [0.5, 0.6) is 0 Å². The number of nitrogens with one attached hydrogen (secondary N) is 1. The van der Waals surface area contributed by atoms with E-state index in [0.29, 0.717) is 13.0 Å². The molecule has 4 atom stereocenters. The highest BCUT2D eigenvalue weighted by atomic mass is 32.2. The van der Waals surface area contributed by atoms with E-state index in [1.54, 1.807) is 24.9 Å². The average Bonchev–Trinajstić information content (AvgIpc) is 3.06. The van der Waals surface area contributed by atoms with E-state index in [-0.39, 0.29) is 24.7 Å². The number of benzene rings is 3. The largest absolute Gasteiger partial charge is 0.453 e. The number of amides is 1. The highest BCUT2D eigenvalue weighted by Crippen LogP contribution is 2.40. The minimum atomic E-state index is -0.856. The van der Waals surface area contributed by atoms with Crippen molar-refractivity contribution in [2.75, 3.05) is 5.75 Å². The monoisotopic (exact) mass is 612 g/mol. The van der Waals surface area contributed by atoms with Crippen LogP contribution in [0.4, 0.5) is 0 Å². The van der Waals surface area contributed by atoms with Crippen LogP contribution in [0.1, 0.15) is 54.9 Å². The van der Waals surface area contributed by atoms with Gasteiger partial charge in [-0.3, -0.25) is 9.59 Å². The summed E-state index contributed by atoms with van der Waals surface area (Å²) in [5, 5.41) is 13.3. The van der Waals surface area contributed by atoms with Gasteiger partial charge in [-0.25, -0.2) is 4.98 Å². The summed E-state index contributed by atoms with van der Waals surface area (Å²) in [4.78, 5) is 27.9. The van der Waals surface area contributed by atoms with E-state index >= 15 is 0 Å². The van der Waals surface area contributed by atoms with E-state index in [2.05, 4.69) is 16.4 Å². The number of aromatic nitrogens is 1. The minimum Gasteiger partial charge on any atom is -0.453 e. The smallest absolute Gasteiger partial charge is 0.303 e. The van der Waals surface area contributed by atoms with Crippen molar-refractivity contribution >= 4 is 23.6 Å². The molecule has 9 heteroatoms. The first-order chi connectivity index (χ1) is 21.4. The number of thioether (sulfide) groups is 1. The summed E-state index contributed by atoms with van der Waals surface area (Å²) >= 11 is 1.66. The molecule has 0 radical (unpaired) electrons. The summed E-state index contributed by atoms with van der Waals surface area (Å²) in [6, 6.07) is 29.8. The Morgan fingerprint density at radius 2 is 1.73 bits per heavy atom. The Morgan fingerprint density at radius 1 is 0.955 bits per heavy atom. The van der Waals surface area contributed by atoms with Gasteiger partial charge in [0.1, 0.15) is 0 Å². The molecule has 44 heavy (non-hydrogen) atoms. The number of rotatable bonds is 11. The van der Waals surface area contributed by atoms with Crippen LogP contribution in [0.2, 0.25) is 0 Å². The second kappa shape index (κ2) is 15.1. The van der Waals surface area contributed by atoms with Gasteiger partial charge in [0.25, 0.3) is 5.91 Å². The van der Waals surface area contributed by atoms with Gasteiger partial charge < -0.3 is 24.6 Å². The van der Waals surface area contributed by atoms with Gasteiger partial charge in [0, 0.05) is 37.4 Å². The number of ether oxygens (including phenoxy) is 3. The van der Waals surface area contributed by atoms with Crippen molar-refractivity contribution < 1.29 is 28.9 Å². The summed E-state index contributed by atoms with van der Waals surface area (Å²) in [6.07, 6.45) is 0.794. The average molecular weight is 613 g/mol. The van der Waals surface area contributed by atoms with E-state index in [1.165, 1.54) is 6.92 Å². The molecule has 1 amide bonds. The Kier molecular flexibility index (Phi) is 10.8. The van der Waals surface area contributed by atoms with E-state index in [1.807, 2.05) is 84.9 Å². The fraction of sp³-hybridized carbons (Fsp3) is 0.286. The second-order valence-corrected chi connectivity index (χ2v) is 11.7. The van der Waals surface area contributed by atoms with Crippen molar-refractivity contribution in [3.8, 4) is 11.1 Å². The maximum absolute atomic E-state index is 12.3. The lowest BCUT2D eigenvalue weighted by atomic mass is 9.99. The Bertz CT molecular complexity index is 1550. The lowest BCUT2D eigenvalue weighted by molar-refractivity contribution is -0.245. The topological polar surface area (TPSA) is 107 Å². The number of pyridine rings is 1. The molecule has 0 aliphatic carbocycles. The van der Waals surface area contributed by atoms with E-state index in [9.17, 15) is 14.7 Å². The molecule has 4 aromatic rings. The third-order valence-electron chi connectivity index (χ3n) is 7.27. The number of aliphatic hydroxyl groups excluding tert-OH is 1. The number of hydrogen-bond acceptors (Lipinski definition) is 8. The highest BCUT2D eigenvalue weighted by molar-refractivity contribution is 7.99. The highest BCUT2D eigenvalue weighted by Gasteiger charge is 2.32. The standard InChI is InChI=1S/C35H36N2O6S/c1-23(41-24(2)39)34(40)37-20-26-7-5-8-28(17-26)29-9-6-10-30(18-29)35-42-31(22-44-33-11-3-4-16-36-33)19-32(43-35)27-14-12-25(21-38)13-15-27/h3-18,23,31-32,35,38H,19-22H2,1-2H3,(H,37,40)/t23-,31-,32+,35+/m0/s1. The van der Waals surface area contributed by atoms with Gasteiger partial charge in [-0.1, -0.05) is 66.7 Å². The molecule has 1 saturated heterocycles. The Morgan fingerprint density at radius 3 is 2.45 bits per heavy atom. The van der Waals surface area contributed by atoms with Crippen LogP contribution in [-0.4, -0.2) is 39.9 Å². The zero-order valence-corrected chi connectivity index (χ0v) is 25.5. The lowest BCUT2D eigenvalue weighted by Gasteiger charge is -2.36. The van der Waals surface area contributed by atoms with Gasteiger partial charge >= 0.3 is 5.97 Å². The van der Waals surface area contributed by atoms with E-state index < -0.39 is 18.4 Å². The van der Waals surface area contributed by atoms with Gasteiger partial charge in [-0.15, -0.1) is 11.8 Å². The number of esters is 1. The van der Waals surface area contributed by atoms with Gasteiger partial charge in [0.05, 0.1) is 23.8 Å². The molecule has 1 aliphatic heterocycles. The minimum absolute atomic E-state index is 0.00531. The SMILES string of the molecule is CC(=O)O[C@@H](C)C(=O)NCc1cccc(-c2cccc([C@@H]3O[C@H](CSc4ccccn4)C[C@H](c4ccc(CO)cc4)O3)c2)c1. The molecule has 3 aromatic carbocycles. The fourth-order valence-corrected chi connectivity index (χ4v) is 5.88. The zero-order valence-electron chi connectivity index (χ0n) is 24.7. The van der Waals surface area contributed by atoms with Crippen molar-refractivity contribution in [3.63, 3.8) is 0 Å². The van der Waals surface area contributed by atoms with Crippen LogP contribution in [0, 0.1) is 0 Å². The molecule has 1 fully saturated rings. The quantitative estimate of drug-likeness (QED) is 0.154. The second-order valence-electron chi connectivity index (χ2n) is 10.6. The molecule has 0 saturated carbocycles. The first-order valence-corrected chi connectivity index (χ1v) is 15.5. The number of aliphatic hydroxyl groups is 1. The Labute approximate surface area is 261 Å². The maximum Gasteiger partial charge on any atom is 0.303 e. The third-order valence-corrected chi connectivity index (χ3v) is 8.34. The number of nitrogens with zero attached hydrogens (tertiary/aromatic N) is 1. The summed E-state index contributed by atoms with van der Waals surface area (Å²) in [7, 11) is 0. The normalized spacial score (nSPS) is 18.8. The fourth-order valence-electron chi connectivity index (χ4n) is 4.99. The van der Waals surface area contributed by atoms with Gasteiger partial charge in [0.2, 0.25) is 0 Å². The first kappa shape index (κ1) is 31.4. The van der Waals surface area contributed by atoms with Gasteiger partial charge in [0.15, 0.2) is 12.4 Å². The van der Waals surface area contributed by atoms with Crippen LogP contribution in [0.25, 0.3) is 11.1 Å². The predicted molar refractivity (Wildman–Crippen MR) is 168 cm³/mol. The first-order valence-electron chi connectivity index (χ1n) is 14.6. The Balaban J connectivity index is 1.33. The number of carbonyl (C=O) groups excluding carboxylic acids is 2. The summed E-state index contributed by atoms with van der Waals surface area (Å²) in [6.45, 7) is 3.12. The summed E-state index contributed by atoms with van der Waals surface area (Å²) in [5.74, 6) is -0.119. The Hall–Kier alpha value is -4.02. The van der Waals surface area contributed by atoms with Crippen molar-refractivity contribution in [2.24, 2.45) is 0 Å². The maximum atomic E-state index is 12.3.